The van der Waals surface area contributed by atoms with Crippen LogP contribution in [0.25, 0.3) is 10.9 Å². The summed E-state index contributed by atoms with van der Waals surface area (Å²) < 4.78 is 0. The number of H-pyrrole nitrogens is 1. The summed E-state index contributed by atoms with van der Waals surface area (Å²) in [5.74, 6) is -5.29. The molecular formula is C31H38N6O9S. The molecule has 0 saturated carbocycles. The molecule has 47 heavy (non-hydrogen) atoms. The third-order valence-corrected chi connectivity index (χ3v) is 7.78. The van der Waals surface area contributed by atoms with Gasteiger partial charge in [-0.15, -0.1) is 0 Å². The van der Waals surface area contributed by atoms with Crippen molar-refractivity contribution in [2.24, 2.45) is 5.73 Å². The van der Waals surface area contributed by atoms with Crippen molar-refractivity contribution in [3.8, 4) is 5.75 Å². The number of carbonyl (C=O) groups excluding carboxylic acids is 4. The highest BCUT2D eigenvalue weighted by atomic mass is 32.2. The number of hydrogen-bond donors (Lipinski definition) is 9. The number of para-hydroxylation sites is 1. The van der Waals surface area contributed by atoms with Crippen LogP contribution in [0.4, 0.5) is 0 Å². The first-order valence-electron chi connectivity index (χ1n) is 14.6. The van der Waals surface area contributed by atoms with Gasteiger partial charge in [0.25, 0.3) is 0 Å². The van der Waals surface area contributed by atoms with Crippen molar-refractivity contribution >= 4 is 58.2 Å². The minimum absolute atomic E-state index is 0.00427. The maximum Gasteiger partial charge on any atom is 0.326 e. The number of thioether (sulfide) groups is 1. The van der Waals surface area contributed by atoms with E-state index in [1.165, 1.54) is 36.0 Å². The van der Waals surface area contributed by atoms with E-state index in [1.54, 1.807) is 12.5 Å². The second kappa shape index (κ2) is 17.6. The highest BCUT2D eigenvalue weighted by Gasteiger charge is 2.29. The lowest BCUT2D eigenvalue weighted by molar-refractivity contribution is -0.141. The second-order valence-corrected chi connectivity index (χ2v) is 11.7. The van der Waals surface area contributed by atoms with E-state index in [-0.39, 0.29) is 25.0 Å². The standard InChI is InChI=1S/C31H38N6O9S/c1-47-11-10-23(36-30(44)24(12-17-6-8-19(38)9-7-17)37-28(42)21(32)14-27(40)41)29(43)34-16-26(39)35-25(31(45)46)13-18-15-33-22-5-3-2-4-20(18)22/h2-9,15,21,23-25,33,38H,10-14,16,32H2,1H3,(H,34,43)(H,35,39)(H,36,44)(H,37,42)(H,40,41)(H,45,46). The number of phenolic OH excluding ortho intramolecular Hbond substituents is 1. The molecule has 0 spiro atoms. The zero-order valence-corrected chi connectivity index (χ0v) is 26.3. The zero-order chi connectivity index (χ0) is 34.5. The molecule has 10 N–H and O–H groups in total. The number of nitrogens with one attached hydrogen (secondary N) is 5. The van der Waals surface area contributed by atoms with Crippen molar-refractivity contribution in [3.63, 3.8) is 0 Å². The van der Waals surface area contributed by atoms with Crippen LogP contribution >= 0.6 is 11.8 Å². The van der Waals surface area contributed by atoms with Crippen molar-refractivity contribution in [1.29, 1.82) is 0 Å². The normalized spacial score (nSPS) is 13.5. The molecule has 0 saturated heterocycles. The van der Waals surface area contributed by atoms with E-state index in [0.717, 1.165) is 10.9 Å². The lowest BCUT2D eigenvalue weighted by atomic mass is 10.0. The number of amides is 4. The molecule has 16 heteroatoms. The molecule has 0 aliphatic rings. The number of aromatic nitrogens is 1. The van der Waals surface area contributed by atoms with E-state index in [2.05, 4.69) is 26.3 Å². The summed E-state index contributed by atoms with van der Waals surface area (Å²) in [6.07, 6.45) is 2.85. The van der Waals surface area contributed by atoms with E-state index in [0.29, 0.717) is 16.9 Å². The smallest absolute Gasteiger partial charge is 0.326 e. The van der Waals surface area contributed by atoms with Crippen molar-refractivity contribution in [3.05, 3.63) is 65.9 Å². The lowest BCUT2D eigenvalue weighted by Gasteiger charge is -2.24. The molecule has 0 bridgehead atoms. The maximum atomic E-state index is 13.4. The Balaban J connectivity index is 1.66. The van der Waals surface area contributed by atoms with Gasteiger partial charge in [-0.1, -0.05) is 30.3 Å². The number of aliphatic carboxylic acids is 2. The van der Waals surface area contributed by atoms with Gasteiger partial charge >= 0.3 is 11.9 Å². The number of fused-ring (bicyclic) bond motifs is 1. The fourth-order valence-electron chi connectivity index (χ4n) is 4.67. The topological polar surface area (TPSA) is 253 Å². The van der Waals surface area contributed by atoms with Gasteiger partial charge in [-0.3, -0.25) is 24.0 Å². The molecule has 4 amide bonds. The van der Waals surface area contributed by atoms with Gasteiger partial charge in [0.15, 0.2) is 0 Å². The third kappa shape index (κ3) is 11.3. The maximum absolute atomic E-state index is 13.4. The molecule has 1 aromatic heterocycles. The molecule has 252 valence electrons. The largest absolute Gasteiger partial charge is 0.508 e. The molecule has 0 aliphatic carbocycles. The number of aromatic hydroxyl groups is 1. The number of benzene rings is 2. The Bertz CT molecular complexity index is 1580. The first kappa shape index (κ1) is 36.4. The number of carbonyl (C=O) groups is 6. The van der Waals surface area contributed by atoms with Gasteiger partial charge < -0.3 is 47.3 Å². The molecule has 15 nitrogen and oxygen atoms in total. The summed E-state index contributed by atoms with van der Waals surface area (Å²) >= 11 is 1.40. The summed E-state index contributed by atoms with van der Waals surface area (Å²) in [5, 5.41) is 39.0. The predicted molar refractivity (Wildman–Crippen MR) is 173 cm³/mol. The average molecular weight is 671 g/mol. The summed E-state index contributed by atoms with van der Waals surface area (Å²) in [6.45, 7) is -0.570. The van der Waals surface area contributed by atoms with Gasteiger partial charge in [0, 0.05) is 29.9 Å². The van der Waals surface area contributed by atoms with E-state index in [1.807, 2.05) is 24.3 Å². The minimum atomic E-state index is -1.44. The molecule has 2 aromatic carbocycles. The van der Waals surface area contributed by atoms with E-state index in [4.69, 9.17) is 10.8 Å². The van der Waals surface area contributed by atoms with Gasteiger partial charge in [-0.2, -0.15) is 11.8 Å². The van der Waals surface area contributed by atoms with Gasteiger partial charge in [-0.25, -0.2) is 4.79 Å². The van der Waals surface area contributed by atoms with Crippen molar-refractivity contribution in [2.75, 3.05) is 18.6 Å². The molecule has 4 atom stereocenters. The Morgan fingerprint density at radius 1 is 0.851 bits per heavy atom. The molecule has 0 radical (unpaired) electrons. The van der Waals surface area contributed by atoms with Crippen molar-refractivity contribution in [2.45, 2.75) is 49.9 Å². The van der Waals surface area contributed by atoms with Crippen LogP contribution in [-0.4, -0.2) is 98.6 Å². The Labute approximate surface area is 274 Å². The third-order valence-electron chi connectivity index (χ3n) is 7.14. The van der Waals surface area contributed by atoms with Crippen molar-refractivity contribution in [1.82, 2.24) is 26.3 Å². The number of carboxylic acid groups (broad SMARTS) is 2. The van der Waals surface area contributed by atoms with Crippen LogP contribution in [0.15, 0.2) is 54.7 Å². The highest BCUT2D eigenvalue weighted by molar-refractivity contribution is 7.98. The van der Waals surface area contributed by atoms with Gasteiger partial charge in [0.2, 0.25) is 23.6 Å². The summed E-state index contributed by atoms with van der Waals surface area (Å²) in [4.78, 5) is 77.9. The highest BCUT2D eigenvalue weighted by Crippen LogP contribution is 2.19. The number of rotatable bonds is 18. The van der Waals surface area contributed by atoms with E-state index < -0.39 is 72.7 Å². The molecule has 0 aliphatic heterocycles. The minimum Gasteiger partial charge on any atom is -0.508 e. The fourth-order valence-corrected chi connectivity index (χ4v) is 5.14. The van der Waals surface area contributed by atoms with Crippen molar-refractivity contribution < 1.29 is 44.1 Å². The van der Waals surface area contributed by atoms with Crippen LogP contribution in [-0.2, 0) is 41.6 Å². The fraction of sp³-hybridized carbons (Fsp3) is 0.355. The zero-order valence-electron chi connectivity index (χ0n) is 25.5. The molecule has 3 rings (SSSR count). The number of aromatic amines is 1. The first-order chi connectivity index (χ1) is 22.4. The molecule has 3 aromatic rings. The van der Waals surface area contributed by atoms with Crippen LogP contribution in [0.3, 0.4) is 0 Å². The Hall–Kier alpha value is -5.09. The molecule has 1 heterocycles. The lowest BCUT2D eigenvalue weighted by Crippen LogP contribution is -2.57. The predicted octanol–water partition coefficient (Wildman–Crippen LogP) is -0.131. The number of hydrogen-bond acceptors (Lipinski definition) is 9. The number of carboxylic acids is 2. The van der Waals surface area contributed by atoms with Crippen LogP contribution in [0.1, 0.15) is 24.0 Å². The van der Waals surface area contributed by atoms with Gasteiger partial charge in [0.1, 0.15) is 23.9 Å². The van der Waals surface area contributed by atoms with Crippen LogP contribution in [0.5, 0.6) is 5.75 Å². The van der Waals surface area contributed by atoms with E-state index >= 15 is 0 Å². The Morgan fingerprint density at radius 2 is 1.53 bits per heavy atom. The Morgan fingerprint density at radius 3 is 2.19 bits per heavy atom. The second-order valence-electron chi connectivity index (χ2n) is 10.7. The van der Waals surface area contributed by atoms with E-state index in [9.17, 15) is 39.0 Å². The number of phenols is 1. The van der Waals surface area contributed by atoms with Crippen LogP contribution in [0, 0.1) is 0 Å². The van der Waals surface area contributed by atoms with Crippen LogP contribution in [0.2, 0.25) is 0 Å². The summed E-state index contributed by atoms with van der Waals surface area (Å²) in [7, 11) is 0. The average Bonchev–Trinajstić information content (AvgIpc) is 3.44. The molecular weight excluding hydrogens is 632 g/mol. The number of nitrogens with two attached hydrogens (primary N) is 1. The SMILES string of the molecule is CSCCC(NC(=O)C(Cc1ccc(O)cc1)NC(=O)C(N)CC(=O)O)C(=O)NCC(=O)NC(Cc1c[nH]c2ccccc12)C(=O)O. The van der Waals surface area contributed by atoms with Crippen LogP contribution < -0.4 is 27.0 Å². The summed E-state index contributed by atoms with van der Waals surface area (Å²) in [5.41, 5.74) is 7.72. The Kier molecular flexibility index (Phi) is 13.6. The summed E-state index contributed by atoms with van der Waals surface area (Å²) in [6, 6.07) is 8.00. The monoisotopic (exact) mass is 670 g/mol. The van der Waals surface area contributed by atoms with Gasteiger partial charge in [-0.05, 0) is 47.8 Å². The quantitative estimate of drug-likeness (QED) is 0.0862. The van der Waals surface area contributed by atoms with Gasteiger partial charge in [0.05, 0.1) is 19.0 Å². The first-order valence-corrected chi connectivity index (χ1v) is 16.0. The molecule has 4 unspecified atom stereocenters. The molecule has 0 fully saturated rings.